The highest BCUT2D eigenvalue weighted by molar-refractivity contribution is 5.89. The van der Waals surface area contributed by atoms with Crippen molar-refractivity contribution in [1.82, 2.24) is 0 Å². The molecule has 0 aliphatic rings. The molecule has 0 aliphatic heterocycles. The summed E-state index contributed by atoms with van der Waals surface area (Å²) >= 11 is 0. The molecule has 4 heteroatoms. The number of rotatable bonds is 3. The van der Waals surface area contributed by atoms with Gasteiger partial charge >= 0.3 is 5.97 Å². The largest absolute Gasteiger partial charge is 0.455 e. The molecule has 0 spiro atoms. The fourth-order valence-electron chi connectivity index (χ4n) is 3.06. The molecule has 0 fully saturated rings. The molecule has 0 N–H and O–H groups in total. The molecule has 4 nitrogen and oxygen atoms in total. The standard InChI is InChI=1S/C23H16O4/c1-15(24)26-18-12-13-19-20(14-18)27-23(17-10-6-3-7-11-17)21(22(19)25)16-8-4-2-5-9-16/h2-14H,1H3. The third-order valence-corrected chi connectivity index (χ3v) is 4.22. The van der Waals surface area contributed by atoms with Crippen LogP contribution in [0.4, 0.5) is 0 Å². The van der Waals surface area contributed by atoms with Gasteiger partial charge < -0.3 is 9.15 Å². The van der Waals surface area contributed by atoms with Gasteiger partial charge in [-0.1, -0.05) is 60.7 Å². The number of ether oxygens (including phenoxy) is 1. The van der Waals surface area contributed by atoms with Crippen LogP contribution in [0.15, 0.2) is 88.1 Å². The zero-order chi connectivity index (χ0) is 18.8. The zero-order valence-corrected chi connectivity index (χ0v) is 14.6. The monoisotopic (exact) mass is 356 g/mol. The van der Waals surface area contributed by atoms with E-state index in [9.17, 15) is 9.59 Å². The predicted octanol–water partition coefficient (Wildman–Crippen LogP) is 5.05. The summed E-state index contributed by atoms with van der Waals surface area (Å²) in [6.45, 7) is 1.33. The van der Waals surface area contributed by atoms with Gasteiger partial charge in [-0.25, -0.2) is 0 Å². The van der Waals surface area contributed by atoms with Crippen molar-refractivity contribution in [2.45, 2.75) is 6.92 Å². The van der Waals surface area contributed by atoms with Gasteiger partial charge in [-0.05, 0) is 17.7 Å². The average molecular weight is 356 g/mol. The van der Waals surface area contributed by atoms with Crippen molar-refractivity contribution >= 4 is 16.9 Å². The van der Waals surface area contributed by atoms with E-state index in [1.165, 1.54) is 6.92 Å². The molecular weight excluding hydrogens is 340 g/mol. The summed E-state index contributed by atoms with van der Waals surface area (Å²) in [6.07, 6.45) is 0. The number of hydrogen-bond acceptors (Lipinski definition) is 4. The van der Waals surface area contributed by atoms with Gasteiger partial charge in [-0.2, -0.15) is 0 Å². The molecule has 132 valence electrons. The Bertz CT molecular complexity index is 1180. The molecule has 4 rings (SSSR count). The maximum atomic E-state index is 13.3. The van der Waals surface area contributed by atoms with E-state index < -0.39 is 5.97 Å². The maximum absolute atomic E-state index is 13.3. The predicted molar refractivity (Wildman–Crippen MR) is 105 cm³/mol. The SMILES string of the molecule is CC(=O)Oc1ccc2c(=O)c(-c3ccccc3)c(-c3ccccc3)oc2c1. The summed E-state index contributed by atoms with van der Waals surface area (Å²) in [6, 6.07) is 23.7. The molecule has 3 aromatic carbocycles. The number of hydrogen-bond donors (Lipinski definition) is 0. The number of carbonyl (C=O) groups is 1. The minimum absolute atomic E-state index is 0.129. The minimum Gasteiger partial charge on any atom is -0.455 e. The lowest BCUT2D eigenvalue weighted by Crippen LogP contribution is -2.08. The molecule has 0 unspecified atom stereocenters. The second-order valence-electron chi connectivity index (χ2n) is 6.12. The minimum atomic E-state index is -0.430. The lowest BCUT2D eigenvalue weighted by atomic mass is 9.98. The van der Waals surface area contributed by atoms with Crippen molar-refractivity contribution in [2.24, 2.45) is 0 Å². The quantitative estimate of drug-likeness (QED) is 0.381. The van der Waals surface area contributed by atoms with Crippen LogP contribution in [0.25, 0.3) is 33.4 Å². The number of esters is 1. The first-order valence-electron chi connectivity index (χ1n) is 8.53. The Kier molecular flexibility index (Phi) is 4.30. The van der Waals surface area contributed by atoms with E-state index >= 15 is 0 Å². The van der Waals surface area contributed by atoms with Crippen molar-refractivity contribution in [3.8, 4) is 28.2 Å². The lowest BCUT2D eigenvalue weighted by Gasteiger charge is -2.11. The fourth-order valence-corrected chi connectivity index (χ4v) is 3.06. The van der Waals surface area contributed by atoms with Crippen LogP contribution in [0.2, 0.25) is 0 Å². The van der Waals surface area contributed by atoms with E-state index in [-0.39, 0.29) is 5.43 Å². The second-order valence-corrected chi connectivity index (χ2v) is 6.12. The Morgan fingerprint density at radius 2 is 1.48 bits per heavy atom. The molecule has 0 bridgehead atoms. The Hall–Kier alpha value is -3.66. The van der Waals surface area contributed by atoms with Gasteiger partial charge in [0, 0.05) is 18.6 Å². The van der Waals surface area contributed by atoms with Crippen LogP contribution in [0.5, 0.6) is 5.75 Å². The van der Waals surface area contributed by atoms with Crippen LogP contribution in [-0.2, 0) is 4.79 Å². The lowest BCUT2D eigenvalue weighted by molar-refractivity contribution is -0.131. The number of fused-ring (bicyclic) bond motifs is 1. The average Bonchev–Trinajstić information content (AvgIpc) is 2.68. The maximum Gasteiger partial charge on any atom is 0.308 e. The molecule has 4 aromatic rings. The summed E-state index contributed by atoms with van der Waals surface area (Å²) in [7, 11) is 0. The van der Waals surface area contributed by atoms with Crippen LogP contribution in [0.3, 0.4) is 0 Å². The van der Waals surface area contributed by atoms with Gasteiger partial charge in [0.05, 0.1) is 10.9 Å². The highest BCUT2D eigenvalue weighted by Gasteiger charge is 2.18. The van der Waals surface area contributed by atoms with E-state index in [2.05, 4.69) is 0 Å². The van der Waals surface area contributed by atoms with Crippen molar-refractivity contribution in [2.75, 3.05) is 0 Å². The van der Waals surface area contributed by atoms with Gasteiger partial charge in [0.1, 0.15) is 17.1 Å². The smallest absolute Gasteiger partial charge is 0.308 e. The molecule has 0 aliphatic carbocycles. The van der Waals surface area contributed by atoms with Crippen molar-refractivity contribution in [3.05, 3.63) is 89.1 Å². The first kappa shape index (κ1) is 16.8. The Labute approximate surface area is 155 Å². The molecule has 0 saturated heterocycles. The van der Waals surface area contributed by atoms with E-state index in [1.807, 2.05) is 60.7 Å². The number of carbonyl (C=O) groups excluding carboxylic acids is 1. The summed E-state index contributed by atoms with van der Waals surface area (Å²) < 4.78 is 11.3. The summed E-state index contributed by atoms with van der Waals surface area (Å²) in [5.74, 6) is 0.393. The van der Waals surface area contributed by atoms with Crippen LogP contribution < -0.4 is 10.2 Å². The van der Waals surface area contributed by atoms with Gasteiger partial charge in [0.2, 0.25) is 5.43 Å². The van der Waals surface area contributed by atoms with E-state index in [1.54, 1.807) is 18.2 Å². The van der Waals surface area contributed by atoms with Crippen LogP contribution in [-0.4, -0.2) is 5.97 Å². The Morgan fingerprint density at radius 1 is 0.852 bits per heavy atom. The summed E-state index contributed by atoms with van der Waals surface area (Å²) in [5, 5.41) is 0.435. The van der Waals surface area contributed by atoms with Crippen LogP contribution in [0.1, 0.15) is 6.92 Å². The molecule has 0 amide bonds. The van der Waals surface area contributed by atoms with Crippen LogP contribution >= 0.6 is 0 Å². The van der Waals surface area contributed by atoms with E-state index in [0.717, 1.165) is 11.1 Å². The summed E-state index contributed by atoms with van der Waals surface area (Å²) in [4.78, 5) is 24.5. The van der Waals surface area contributed by atoms with E-state index in [4.69, 9.17) is 9.15 Å². The van der Waals surface area contributed by atoms with Crippen LogP contribution in [0, 0.1) is 0 Å². The summed E-state index contributed by atoms with van der Waals surface area (Å²) in [5.41, 5.74) is 2.34. The van der Waals surface area contributed by atoms with E-state index in [0.29, 0.717) is 28.0 Å². The van der Waals surface area contributed by atoms with Gasteiger partial charge in [-0.15, -0.1) is 0 Å². The molecule has 1 heterocycles. The van der Waals surface area contributed by atoms with Crippen molar-refractivity contribution < 1.29 is 13.9 Å². The highest BCUT2D eigenvalue weighted by Crippen LogP contribution is 2.33. The Balaban J connectivity index is 2.04. The fraction of sp³-hybridized carbons (Fsp3) is 0.0435. The second kappa shape index (κ2) is 6.92. The van der Waals surface area contributed by atoms with Gasteiger partial charge in [0.25, 0.3) is 0 Å². The van der Waals surface area contributed by atoms with Gasteiger partial charge in [0.15, 0.2) is 0 Å². The Morgan fingerprint density at radius 3 is 2.11 bits per heavy atom. The third kappa shape index (κ3) is 3.25. The molecule has 0 radical (unpaired) electrons. The van der Waals surface area contributed by atoms with Gasteiger partial charge in [-0.3, -0.25) is 9.59 Å². The zero-order valence-electron chi connectivity index (χ0n) is 14.6. The molecule has 0 atom stereocenters. The molecule has 27 heavy (non-hydrogen) atoms. The van der Waals surface area contributed by atoms with Crippen molar-refractivity contribution in [1.29, 1.82) is 0 Å². The normalized spacial score (nSPS) is 10.7. The van der Waals surface area contributed by atoms with Crippen molar-refractivity contribution in [3.63, 3.8) is 0 Å². The molecule has 0 saturated carbocycles. The molecule has 1 aromatic heterocycles. The third-order valence-electron chi connectivity index (χ3n) is 4.22. The molecular formula is C23H16O4. The topological polar surface area (TPSA) is 56.5 Å². The first-order valence-corrected chi connectivity index (χ1v) is 8.53. The first-order chi connectivity index (χ1) is 13.1. The highest BCUT2D eigenvalue weighted by atomic mass is 16.5. The number of benzene rings is 3.